The summed E-state index contributed by atoms with van der Waals surface area (Å²) in [6.45, 7) is 6.31. The summed E-state index contributed by atoms with van der Waals surface area (Å²) in [4.78, 5) is 4.55. The van der Waals surface area contributed by atoms with Gasteiger partial charge in [0, 0.05) is 10.9 Å². The van der Waals surface area contributed by atoms with Gasteiger partial charge in [0.15, 0.2) is 0 Å². The lowest BCUT2D eigenvalue weighted by Gasteiger charge is -2.23. The van der Waals surface area contributed by atoms with Crippen molar-refractivity contribution in [1.29, 1.82) is 0 Å². The summed E-state index contributed by atoms with van der Waals surface area (Å²) in [6, 6.07) is 5.63. The molecule has 4 nitrogen and oxygen atoms in total. The highest BCUT2D eigenvalue weighted by Gasteiger charge is 2.21. The van der Waals surface area contributed by atoms with E-state index in [9.17, 15) is 0 Å². The number of hydrogen-bond acceptors (Lipinski definition) is 4. The summed E-state index contributed by atoms with van der Waals surface area (Å²) in [5, 5.41) is 1.52. The van der Waals surface area contributed by atoms with Crippen LogP contribution in [0.1, 0.15) is 26.3 Å². The number of hydrogen-bond donors (Lipinski definition) is 2. The van der Waals surface area contributed by atoms with Gasteiger partial charge in [-0.05, 0) is 23.6 Å². The lowest BCUT2D eigenvalue weighted by Crippen LogP contribution is -2.19. The molecular weight excluding hydrogens is 262 g/mol. The van der Waals surface area contributed by atoms with Crippen LogP contribution in [0.25, 0.3) is 10.9 Å². The van der Waals surface area contributed by atoms with Gasteiger partial charge in [0.1, 0.15) is 17.1 Å². The zero-order valence-corrected chi connectivity index (χ0v) is 12.3. The van der Waals surface area contributed by atoms with Gasteiger partial charge in [-0.15, -0.1) is 0 Å². The Balaban J connectivity index is 2.85. The maximum Gasteiger partial charge on any atom is 0.145 e. The van der Waals surface area contributed by atoms with E-state index in [0.29, 0.717) is 22.1 Å². The molecule has 5 heteroatoms. The molecule has 0 aliphatic heterocycles. The number of methoxy groups -OCH3 is 1. The van der Waals surface area contributed by atoms with Crippen LogP contribution in [0.15, 0.2) is 18.2 Å². The van der Waals surface area contributed by atoms with Crippen LogP contribution in [-0.2, 0) is 5.41 Å². The van der Waals surface area contributed by atoms with Crippen LogP contribution in [-0.4, -0.2) is 12.1 Å². The molecule has 0 aliphatic carbocycles. The molecule has 1 aromatic carbocycles. The number of ether oxygens (including phenoxy) is 1. The summed E-state index contributed by atoms with van der Waals surface area (Å²) >= 11 is 6.26. The molecule has 0 spiro atoms. The predicted octanol–water partition coefficient (Wildman–Crippen LogP) is 3.48. The maximum atomic E-state index is 6.26. The number of pyridine rings is 1. The molecule has 0 saturated carbocycles. The smallest absolute Gasteiger partial charge is 0.145 e. The van der Waals surface area contributed by atoms with E-state index in [4.69, 9.17) is 22.2 Å². The zero-order chi connectivity index (χ0) is 14.2. The predicted molar refractivity (Wildman–Crippen MR) is 79.8 cm³/mol. The lowest BCUT2D eigenvalue weighted by atomic mass is 9.86. The van der Waals surface area contributed by atoms with Gasteiger partial charge in [-0.1, -0.05) is 32.4 Å². The topological polar surface area (TPSA) is 60.2 Å². The van der Waals surface area contributed by atoms with Gasteiger partial charge in [0.25, 0.3) is 0 Å². The van der Waals surface area contributed by atoms with Crippen LogP contribution in [0.2, 0.25) is 5.02 Å². The van der Waals surface area contributed by atoms with E-state index in [0.717, 1.165) is 10.9 Å². The highest BCUT2D eigenvalue weighted by atomic mass is 35.5. The number of hydrazine groups is 1. The van der Waals surface area contributed by atoms with Crippen LogP contribution in [0.3, 0.4) is 0 Å². The molecule has 1 heterocycles. The van der Waals surface area contributed by atoms with Crippen molar-refractivity contribution in [1.82, 2.24) is 4.98 Å². The number of halogens is 1. The number of nitrogens with one attached hydrogen (secondary N) is 1. The third-order valence-corrected chi connectivity index (χ3v) is 3.39. The normalized spacial score (nSPS) is 11.7. The fourth-order valence-corrected chi connectivity index (χ4v) is 2.25. The number of rotatable bonds is 2. The quantitative estimate of drug-likeness (QED) is 0.653. The largest absolute Gasteiger partial charge is 0.494 e. The Bertz CT molecular complexity index is 620. The van der Waals surface area contributed by atoms with Crippen molar-refractivity contribution < 1.29 is 4.74 Å². The van der Waals surface area contributed by atoms with Gasteiger partial charge in [0.2, 0.25) is 0 Å². The van der Waals surface area contributed by atoms with E-state index in [-0.39, 0.29) is 5.41 Å². The standard InChI is InChI=1S/C14H18ClN3O/c1-14(2,3)9-7-8-10(15)5-6-11(19-4)12(8)17-13(9)18-16/h5-7H,16H2,1-4H3,(H,17,18). The summed E-state index contributed by atoms with van der Waals surface area (Å²) in [7, 11) is 1.61. The molecule has 2 rings (SSSR count). The van der Waals surface area contributed by atoms with Crippen LogP contribution in [0, 0.1) is 0 Å². The first-order valence-corrected chi connectivity index (χ1v) is 6.40. The van der Waals surface area contributed by atoms with Gasteiger partial charge in [-0.2, -0.15) is 0 Å². The molecule has 0 unspecified atom stereocenters. The number of fused-ring (bicyclic) bond motifs is 1. The van der Waals surface area contributed by atoms with E-state index >= 15 is 0 Å². The monoisotopic (exact) mass is 279 g/mol. The van der Waals surface area contributed by atoms with Gasteiger partial charge < -0.3 is 10.2 Å². The maximum absolute atomic E-state index is 6.26. The van der Waals surface area contributed by atoms with Gasteiger partial charge >= 0.3 is 0 Å². The second-order valence-corrected chi connectivity index (χ2v) is 5.83. The van der Waals surface area contributed by atoms with Crippen molar-refractivity contribution in [2.75, 3.05) is 12.5 Å². The highest BCUT2D eigenvalue weighted by Crippen LogP contribution is 2.36. The van der Waals surface area contributed by atoms with Crippen LogP contribution < -0.4 is 16.0 Å². The molecule has 3 N–H and O–H groups in total. The minimum Gasteiger partial charge on any atom is -0.494 e. The number of anilines is 1. The lowest BCUT2D eigenvalue weighted by molar-refractivity contribution is 0.419. The molecule has 0 amide bonds. The Morgan fingerprint density at radius 3 is 2.53 bits per heavy atom. The average molecular weight is 280 g/mol. The first-order valence-electron chi connectivity index (χ1n) is 6.03. The van der Waals surface area contributed by atoms with Crippen molar-refractivity contribution in [3.8, 4) is 5.75 Å². The third kappa shape index (κ3) is 2.46. The van der Waals surface area contributed by atoms with Gasteiger partial charge in [0.05, 0.1) is 12.1 Å². The second-order valence-electron chi connectivity index (χ2n) is 5.42. The number of aromatic nitrogens is 1. The molecule has 19 heavy (non-hydrogen) atoms. The summed E-state index contributed by atoms with van der Waals surface area (Å²) in [6.07, 6.45) is 0. The third-order valence-electron chi connectivity index (χ3n) is 3.06. The second kappa shape index (κ2) is 4.87. The van der Waals surface area contributed by atoms with E-state index in [1.807, 2.05) is 12.1 Å². The van der Waals surface area contributed by atoms with Crippen molar-refractivity contribution >= 4 is 28.3 Å². The number of nitrogen functional groups attached to an aromatic ring is 1. The van der Waals surface area contributed by atoms with Crippen molar-refractivity contribution in [2.24, 2.45) is 5.84 Å². The van der Waals surface area contributed by atoms with Crippen LogP contribution >= 0.6 is 11.6 Å². The molecule has 1 aromatic heterocycles. The Kier molecular flexibility index (Phi) is 3.56. The molecule has 0 radical (unpaired) electrons. The van der Waals surface area contributed by atoms with Gasteiger partial charge in [-0.25, -0.2) is 10.8 Å². The highest BCUT2D eigenvalue weighted by molar-refractivity contribution is 6.35. The average Bonchev–Trinajstić information content (AvgIpc) is 2.37. The van der Waals surface area contributed by atoms with E-state index in [1.165, 1.54) is 0 Å². The molecular formula is C14H18ClN3O. The van der Waals surface area contributed by atoms with E-state index < -0.39 is 0 Å². The minimum absolute atomic E-state index is 0.0880. The van der Waals surface area contributed by atoms with E-state index in [1.54, 1.807) is 13.2 Å². The Morgan fingerprint density at radius 1 is 1.32 bits per heavy atom. The van der Waals surface area contributed by atoms with Crippen LogP contribution in [0.5, 0.6) is 5.75 Å². The molecule has 0 saturated heterocycles. The van der Waals surface area contributed by atoms with Crippen molar-refractivity contribution in [2.45, 2.75) is 26.2 Å². The first-order chi connectivity index (χ1) is 8.88. The van der Waals surface area contributed by atoms with Crippen LogP contribution in [0.4, 0.5) is 5.82 Å². The van der Waals surface area contributed by atoms with Gasteiger partial charge in [-0.3, -0.25) is 0 Å². The van der Waals surface area contributed by atoms with E-state index in [2.05, 4.69) is 31.2 Å². The summed E-state index contributed by atoms with van der Waals surface area (Å²) in [5.74, 6) is 6.90. The van der Waals surface area contributed by atoms with Crippen molar-refractivity contribution in [3.63, 3.8) is 0 Å². The first kappa shape index (κ1) is 13.9. The number of benzene rings is 1. The molecule has 2 aromatic rings. The summed E-state index contributed by atoms with van der Waals surface area (Å²) in [5.41, 5.74) is 4.28. The van der Waals surface area contributed by atoms with Crippen molar-refractivity contribution in [3.05, 3.63) is 28.8 Å². The minimum atomic E-state index is -0.0880. The Labute approximate surface area is 117 Å². The Morgan fingerprint density at radius 2 is 2.00 bits per heavy atom. The molecule has 102 valence electrons. The number of nitrogens with two attached hydrogens (primary N) is 1. The molecule has 0 atom stereocenters. The molecule has 0 aliphatic rings. The molecule has 0 bridgehead atoms. The summed E-state index contributed by atoms with van der Waals surface area (Å²) < 4.78 is 5.32. The fourth-order valence-electron chi connectivity index (χ4n) is 2.05. The number of nitrogens with zero attached hydrogens (tertiary/aromatic N) is 1. The Hall–Kier alpha value is -1.52. The SMILES string of the molecule is COc1ccc(Cl)c2cc(C(C)(C)C)c(NN)nc12. The fraction of sp³-hybridized carbons (Fsp3) is 0.357. The zero-order valence-electron chi connectivity index (χ0n) is 11.5. The molecule has 0 fully saturated rings.